The predicted molar refractivity (Wildman–Crippen MR) is 109 cm³/mol. The number of nitrogens with one attached hydrogen (secondary N) is 1. The lowest BCUT2D eigenvalue weighted by Crippen LogP contribution is -2.50. The van der Waals surface area contributed by atoms with Crippen LogP contribution in [0.15, 0.2) is 24.3 Å². The number of nitrogens with zero attached hydrogens (tertiary/aromatic N) is 2. The van der Waals surface area contributed by atoms with Crippen molar-refractivity contribution in [2.75, 3.05) is 29.9 Å². The Hall–Kier alpha value is -2.08. The van der Waals surface area contributed by atoms with Gasteiger partial charge in [0.05, 0.1) is 6.04 Å². The van der Waals surface area contributed by atoms with Crippen molar-refractivity contribution in [1.82, 2.24) is 4.90 Å². The highest BCUT2D eigenvalue weighted by molar-refractivity contribution is 5.95. The molecule has 1 aromatic carbocycles. The van der Waals surface area contributed by atoms with Crippen LogP contribution in [0.3, 0.4) is 0 Å². The molecule has 0 spiro atoms. The van der Waals surface area contributed by atoms with Crippen molar-refractivity contribution < 1.29 is 9.59 Å². The lowest BCUT2D eigenvalue weighted by Gasteiger charge is -2.37. The van der Waals surface area contributed by atoms with E-state index in [0.717, 1.165) is 56.7 Å². The summed E-state index contributed by atoms with van der Waals surface area (Å²) in [4.78, 5) is 28.6. The number of nitrogens with two attached hydrogens (primary N) is 1. The molecule has 2 fully saturated rings. The number of carbonyl (C=O) groups is 2. The summed E-state index contributed by atoms with van der Waals surface area (Å²) >= 11 is 0. The molecule has 0 saturated carbocycles. The number of rotatable bonds is 5. The number of likely N-dealkylation sites (tertiary alicyclic amines) is 1. The highest BCUT2D eigenvalue weighted by Gasteiger charge is 2.30. The highest BCUT2D eigenvalue weighted by Crippen LogP contribution is 2.25. The summed E-state index contributed by atoms with van der Waals surface area (Å²) in [5.41, 5.74) is 7.37. The summed E-state index contributed by atoms with van der Waals surface area (Å²) in [6, 6.07) is 8.37. The number of hydrogen-bond donors (Lipinski definition) is 2. The summed E-state index contributed by atoms with van der Waals surface area (Å²) in [5, 5.41) is 3.09. The predicted octanol–water partition coefficient (Wildman–Crippen LogP) is 2.59. The summed E-state index contributed by atoms with van der Waals surface area (Å²) in [6.45, 7) is 6.98. The lowest BCUT2D eigenvalue weighted by molar-refractivity contribution is -0.123. The molecular weight excluding hydrogens is 340 g/mol. The summed E-state index contributed by atoms with van der Waals surface area (Å²) < 4.78 is 0. The van der Waals surface area contributed by atoms with Crippen LogP contribution in [0.4, 0.5) is 11.4 Å². The topological polar surface area (TPSA) is 78.7 Å². The molecule has 2 amide bonds. The van der Waals surface area contributed by atoms with Crippen LogP contribution in [0, 0.1) is 5.92 Å². The number of anilines is 2. The normalized spacial score (nSPS) is 22.0. The molecule has 3 N–H and O–H groups in total. The molecule has 0 aromatic heterocycles. The number of hydrogen-bond acceptors (Lipinski definition) is 4. The minimum absolute atomic E-state index is 0.000734. The van der Waals surface area contributed by atoms with E-state index in [4.69, 9.17) is 5.73 Å². The summed E-state index contributed by atoms with van der Waals surface area (Å²) in [7, 11) is 0. The standard InChI is InChI=1S/C21H32N4O2/c1-15(2)25-12-4-3-5-19(25)21(27)23-17-6-8-18(9-7-17)24-13-10-16(11-14-24)20(22)26/h6-9,15-16,19H,3-5,10-14H2,1-2H3,(H2,22,26)(H,23,27). The van der Waals surface area contributed by atoms with Crippen LogP contribution in [-0.2, 0) is 9.59 Å². The van der Waals surface area contributed by atoms with Crippen molar-refractivity contribution in [3.63, 3.8) is 0 Å². The van der Waals surface area contributed by atoms with E-state index < -0.39 is 0 Å². The van der Waals surface area contributed by atoms with Crippen LogP contribution in [0.1, 0.15) is 46.0 Å². The van der Waals surface area contributed by atoms with Gasteiger partial charge in [-0.2, -0.15) is 0 Å². The third-order valence-electron chi connectivity index (χ3n) is 5.91. The number of carbonyl (C=O) groups excluding carboxylic acids is 2. The molecule has 3 rings (SSSR count). The molecule has 2 saturated heterocycles. The summed E-state index contributed by atoms with van der Waals surface area (Å²) in [5.74, 6) is -0.0940. The summed E-state index contributed by atoms with van der Waals surface area (Å²) in [6.07, 6.45) is 4.82. The van der Waals surface area contributed by atoms with Crippen LogP contribution in [0.25, 0.3) is 0 Å². The third kappa shape index (κ3) is 4.80. The van der Waals surface area contributed by atoms with E-state index in [2.05, 4.69) is 29.0 Å². The molecular formula is C21H32N4O2. The van der Waals surface area contributed by atoms with Gasteiger partial charge in [0, 0.05) is 36.4 Å². The fraction of sp³-hybridized carbons (Fsp3) is 0.619. The van der Waals surface area contributed by atoms with Crippen LogP contribution in [0.5, 0.6) is 0 Å². The quantitative estimate of drug-likeness (QED) is 0.833. The average Bonchev–Trinajstić information content (AvgIpc) is 2.68. The van der Waals surface area contributed by atoms with Crippen molar-refractivity contribution in [2.45, 2.75) is 58.0 Å². The minimum Gasteiger partial charge on any atom is -0.371 e. The maximum Gasteiger partial charge on any atom is 0.241 e. The zero-order valence-electron chi connectivity index (χ0n) is 16.5. The Bertz CT molecular complexity index is 651. The van der Waals surface area contributed by atoms with E-state index in [9.17, 15) is 9.59 Å². The largest absolute Gasteiger partial charge is 0.371 e. The SMILES string of the molecule is CC(C)N1CCCCC1C(=O)Nc1ccc(N2CCC(C(N)=O)CC2)cc1. The van der Waals surface area contributed by atoms with E-state index in [1.54, 1.807) is 0 Å². The Kier molecular flexibility index (Phi) is 6.37. The second-order valence-corrected chi connectivity index (χ2v) is 8.04. The average molecular weight is 373 g/mol. The Morgan fingerprint density at radius 1 is 1.04 bits per heavy atom. The van der Waals surface area contributed by atoms with Gasteiger partial charge in [0.1, 0.15) is 0 Å². The monoisotopic (exact) mass is 372 g/mol. The van der Waals surface area contributed by atoms with Crippen molar-refractivity contribution >= 4 is 23.2 Å². The van der Waals surface area contributed by atoms with E-state index in [0.29, 0.717) is 6.04 Å². The molecule has 0 radical (unpaired) electrons. The zero-order valence-corrected chi connectivity index (χ0v) is 16.5. The number of benzene rings is 1. The first kappa shape index (κ1) is 19.7. The maximum atomic E-state index is 12.8. The molecule has 0 aliphatic carbocycles. The molecule has 2 aliphatic rings. The number of amides is 2. The van der Waals surface area contributed by atoms with Crippen molar-refractivity contribution in [2.24, 2.45) is 11.7 Å². The molecule has 6 heteroatoms. The first-order chi connectivity index (χ1) is 13.0. The molecule has 27 heavy (non-hydrogen) atoms. The van der Waals surface area contributed by atoms with Crippen molar-refractivity contribution in [3.8, 4) is 0 Å². The number of primary amides is 1. The van der Waals surface area contributed by atoms with Gasteiger partial charge in [-0.1, -0.05) is 6.42 Å². The Morgan fingerprint density at radius 2 is 1.70 bits per heavy atom. The third-order valence-corrected chi connectivity index (χ3v) is 5.91. The smallest absolute Gasteiger partial charge is 0.241 e. The zero-order chi connectivity index (χ0) is 19.4. The fourth-order valence-corrected chi connectivity index (χ4v) is 4.26. The molecule has 1 unspecified atom stereocenters. The molecule has 1 aromatic rings. The molecule has 0 bridgehead atoms. The maximum absolute atomic E-state index is 12.8. The van der Waals surface area contributed by atoms with Crippen molar-refractivity contribution in [1.29, 1.82) is 0 Å². The van der Waals surface area contributed by atoms with Crippen LogP contribution >= 0.6 is 0 Å². The fourth-order valence-electron chi connectivity index (χ4n) is 4.26. The van der Waals surface area contributed by atoms with Gasteiger partial charge >= 0.3 is 0 Å². The van der Waals surface area contributed by atoms with Gasteiger partial charge in [-0.25, -0.2) is 0 Å². The van der Waals surface area contributed by atoms with Gasteiger partial charge in [-0.3, -0.25) is 14.5 Å². The first-order valence-electron chi connectivity index (χ1n) is 10.2. The van der Waals surface area contributed by atoms with Gasteiger partial charge in [-0.05, 0) is 70.3 Å². The van der Waals surface area contributed by atoms with Crippen molar-refractivity contribution in [3.05, 3.63) is 24.3 Å². The first-order valence-corrected chi connectivity index (χ1v) is 10.2. The lowest BCUT2D eigenvalue weighted by atomic mass is 9.96. The van der Waals surface area contributed by atoms with E-state index in [-0.39, 0.29) is 23.8 Å². The van der Waals surface area contributed by atoms with Crippen LogP contribution < -0.4 is 16.0 Å². The molecule has 2 heterocycles. The van der Waals surface area contributed by atoms with Gasteiger partial charge in [0.15, 0.2) is 0 Å². The van der Waals surface area contributed by atoms with E-state index in [1.807, 2.05) is 24.3 Å². The van der Waals surface area contributed by atoms with Gasteiger partial charge in [-0.15, -0.1) is 0 Å². The van der Waals surface area contributed by atoms with Gasteiger partial charge in [0.2, 0.25) is 11.8 Å². The Balaban J connectivity index is 1.57. The molecule has 6 nitrogen and oxygen atoms in total. The van der Waals surface area contributed by atoms with E-state index >= 15 is 0 Å². The molecule has 148 valence electrons. The molecule has 1 atom stereocenters. The number of piperidine rings is 2. The van der Waals surface area contributed by atoms with Crippen LogP contribution in [-0.4, -0.2) is 48.4 Å². The Labute approximate surface area is 162 Å². The van der Waals surface area contributed by atoms with Gasteiger partial charge < -0.3 is 16.0 Å². The molecule has 2 aliphatic heterocycles. The second kappa shape index (κ2) is 8.74. The second-order valence-electron chi connectivity index (χ2n) is 8.04. The van der Waals surface area contributed by atoms with Crippen LogP contribution in [0.2, 0.25) is 0 Å². The Morgan fingerprint density at radius 3 is 2.30 bits per heavy atom. The minimum atomic E-state index is -0.189. The van der Waals surface area contributed by atoms with Gasteiger partial charge in [0.25, 0.3) is 0 Å². The highest BCUT2D eigenvalue weighted by atomic mass is 16.2. The van der Waals surface area contributed by atoms with E-state index in [1.165, 1.54) is 6.42 Å².